The molecule has 0 radical (unpaired) electrons. The number of thiazole rings is 1. The number of hydrogen-bond donors (Lipinski definition) is 1. The van der Waals surface area contributed by atoms with Crippen LogP contribution in [0.5, 0.6) is 11.5 Å². The van der Waals surface area contributed by atoms with Gasteiger partial charge in [0, 0.05) is 10.9 Å². The minimum absolute atomic E-state index is 0.00375. The lowest BCUT2D eigenvalue weighted by Gasteiger charge is -2.15. The number of nitrogens with zero attached hydrogens (tertiary/aromatic N) is 2. The van der Waals surface area contributed by atoms with Crippen molar-refractivity contribution in [1.82, 2.24) is 10.4 Å². The average Bonchev–Trinajstić information content (AvgIpc) is 2.93. The molecule has 0 aliphatic heterocycles. The summed E-state index contributed by atoms with van der Waals surface area (Å²) in [6.07, 6.45) is 1.75. The highest BCUT2D eigenvalue weighted by atomic mass is 32.1. The number of para-hydroxylation sites is 1. The standard InChI is InChI=1S/C17H21N3O3S/c1-11(2)23-17-13(6-5-7-15(17)22-4)9-18-20-16(21)8-14-10-24-12(3)19-14/h5-7,9-11H,8H2,1-4H3,(H,20,21)/b18-9-. The Morgan fingerprint density at radius 1 is 1.46 bits per heavy atom. The Kier molecular flexibility index (Phi) is 6.31. The highest BCUT2D eigenvalue weighted by molar-refractivity contribution is 7.09. The zero-order valence-electron chi connectivity index (χ0n) is 14.2. The van der Waals surface area contributed by atoms with E-state index < -0.39 is 0 Å². The summed E-state index contributed by atoms with van der Waals surface area (Å²) in [6.45, 7) is 5.78. The first-order valence-electron chi connectivity index (χ1n) is 7.56. The maximum Gasteiger partial charge on any atom is 0.246 e. The van der Waals surface area contributed by atoms with Crippen LogP contribution in [0.3, 0.4) is 0 Å². The first-order chi connectivity index (χ1) is 11.5. The average molecular weight is 347 g/mol. The van der Waals surface area contributed by atoms with Gasteiger partial charge >= 0.3 is 0 Å². The van der Waals surface area contributed by atoms with E-state index in [1.165, 1.54) is 11.3 Å². The molecular weight excluding hydrogens is 326 g/mol. The number of aryl methyl sites for hydroxylation is 1. The second kappa shape index (κ2) is 8.44. The second-order valence-electron chi connectivity index (χ2n) is 5.37. The number of aromatic nitrogens is 1. The van der Waals surface area contributed by atoms with Crippen molar-refractivity contribution in [3.05, 3.63) is 39.8 Å². The largest absolute Gasteiger partial charge is 0.493 e. The third-order valence-corrected chi connectivity index (χ3v) is 3.81. The Hall–Kier alpha value is -2.41. The van der Waals surface area contributed by atoms with E-state index in [1.807, 2.05) is 44.4 Å². The lowest BCUT2D eigenvalue weighted by molar-refractivity contribution is -0.120. The lowest BCUT2D eigenvalue weighted by atomic mass is 10.2. The van der Waals surface area contributed by atoms with Gasteiger partial charge in [-0.1, -0.05) is 6.07 Å². The molecule has 1 aromatic heterocycles. The molecule has 1 heterocycles. The summed E-state index contributed by atoms with van der Waals surface area (Å²) in [5.41, 5.74) is 3.98. The molecule has 1 N–H and O–H groups in total. The maximum absolute atomic E-state index is 11.9. The number of ether oxygens (including phenoxy) is 2. The minimum atomic E-state index is -0.217. The van der Waals surface area contributed by atoms with Gasteiger partial charge in [0.05, 0.1) is 36.6 Å². The topological polar surface area (TPSA) is 72.8 Å². The summed E-state index contributed by atoms with van der Waals surface area (Å²) in [5.74, 6) is 1.01. The number of rotatable bonds is 7. The number of nitrogens with one attached hydrogen (secondary N) is 1. The number of carbonyl (C=O) groups is 1. The predicted octanol–water partition coefficient (Wildman–Crippen LogP) is 2.94. The minimum Gasteiger partial charge on any atom is -0.493 e. The van der Waals surface area contributed by atoms with Crippen molar-refractivity contribution in [2.24, 2.45) is 5.10 Å². The summed E-state index contributed by atoms with van der Waals surface area (Å²) < 4.78 is 11.1. The van der Waals surface area contributed by atoms with Crippen molar-refractivity contribution < 1.29 is 14.3 Å². The fourth-order valence-corrected chi connectivity index (χ4v) is 2.64. The van der Waals surface area contributed by atoms with Gasteiger partial charge < -0.3 is 9.47 Å². The molecule has 0 spiro atoms. The molecule has 2 rings (SSSR count). The molecular formula is C17H21N3O3S. The summed E-state index contributed by atoms with van der Waals surface area (Å²) in [6, 6.07) is 5.51. The molecule has 0 aliphatic carbocycles. The number of hydrogen-bond acceptors (Lipinski definition) is 6. The van der Waals surface area contributed by atoms with Gasteiger partial charge in [-0.15, -0.1) is 11.3 Å². The third-order valence-electron chi connectivity index (χ3n) is 2.98. The highest BCUT2D eigenvalue weighted by Gasteiger charge is 2.11. The Labute approximate surface area is 145 Å². The first-order valence-corrected chi connectivity index (χ1v) is 8.44. The lowest BCUT2D eigenvalue weighted by Crippen LogP contribution is -2.20. The van der Waals surface area contributed by atoms with Gasteiger partial charge in [-0.2, -0.15) is 5.10 Å². The van der Waals surface area contributed by atoms with Crippen molar-refractivity contribution in [2.45, 2.75) is 33.3 Å². The molecule has 0 saturated heterocycles. The van der Waals surface area contributed by atoms with Crippen molar-refractivity contribution in [1.29, 1.82) is 0 Å². The van der Waals surface area contributed by atoms with E-state index in [9.17, 15) is 4.79 Å². The van der Waals surface area contributed by atoms with Crippen molar-refractivity contribution in [2.75, 3.05) is 7.11 Å². The van der Waals surface area contributed by atoms with Crippen LogP contribution >= 0.6 is 11.3 Å². The number of carbonyl (C=O) groups excluding carboxylic acids is 1. The Balaban J connectivity index is 2.04. The van der Waals surface area contributed by atoms with Gasteiger partial charge in [0.15, 0.2) is 11.5 Å². The van der Waals surface area contributed by atoms with Crippen molar-refractivity contribution >= 4 is 23.5 Å². The van der Waals surface area contributed by atoms with Crippen LogP contribution in [0.15, 0.2) is 28.7 Å². The molecule has 1 amide bonds. The van der Waals surface area contributed by atoms with Crippen molar-refractivity contribution in [3.63, 3.8) is 0 Å². The molecule has 128 valence electrons. The van der Waals surface area contributed by atoms with Crippen LogP contribution in [0.25, 0.3) is 0 Å². The summed E-state index contributed by atoms with van der Waals surface area (Å²) in [4.78, 5) is 16.1. The maximum atomic E-state index is 11.9. The van der Waals surface area contributed by atoms with Crippen LogP contribution in [0.1, 0.15) is 30.1 Å². The summed E-state index contributed by atoms with van der Waals surface area (Å²) >= 11 is 1.52. The number of amides is 1. The number of benzene rings is 1. The molecule has 0 bridgehead atoms. The molecule has 2 aromatic rings. The smallest absolute Gasteiger partial charge is 0.246 e. The van der Waals surface area contributed by atoms with Crippen LogP contribution in [0.2, 0.25) is 0 Å². The number of methoxy groups -OCH3 is 1. The van der Waals surface area contributed by atoms with E-state index in [1.54, 1.807) is 13.3 Å². The van der Waals surface area contributed by atoms with Gasteiger partial charge in [0.2, 0.25) is 5.91 Å². The molecule has 6 nitrogen and oxygen atoms in total. The van der Waals surface area contributed by atoms with Crippen LogP contribution in [-0.4, -0.2) is 30.3 Å². The fraction of sp³-hybridized carbons (Fsp3) is 0.353. The SMILES string of the molecule is COc1cccc(/C=N\NC(=O)Cc2csc(C)n2)c1OC(C)C. The zero-order valence-corrected chi connectivity index (χ0v) is 15.0. The molecule has 7 heteroatoms. The van der Waals surface area contributed by atoms with Crippen LogP contribution < -0.4 is 14.9 Å². The van der Waals surface area contributed by atoms with Gasteiger partial charge in [0.25, 0.3) is 0 Å². The molecule has 0 unspecified atom stereocenters. The molecule has 0 saturated carbocycles. The van der Waals surface area contributed by atoms with Gasteiger partial charge in [-0.3, -0.25) is 4.79 Å². The van der Waals surface area contributed by atoms with E-state index in [-0.39, 0.29) is 18.4 Å². The van der Waals surface area contributed by atoms with Crippen LogP contribution in [0.4, 0.5) is 0 Å². The molecule has 24 heavy (non-hydrogen) atoms. The first kappa shape index (κ1) is 17.9. The Morgan fingerprint density at radius 3 is 2.88 bits per heavy atom. The highest BCUT2D eigenvalue weighted by Crippen LogP contribution is 2.30. The van der Waals surface area contributed by atoms with E-state index >= 15 is 0 Å². The molecule has 0 fully saturated rings. The number of hydrazone groups is 1. The quantitative estimate of drug-likeness (QED) is 0.617. The fourth-order valence-electron chi connectivity index (χ4n) is 2.02. The van der Waals surface area contributed by atoms with Crippen LogP contribution in [0, 0.1) is 6.92 Å². The second-order valence-corrected chi connectivity index (χ2v) is 6.44. The zero-order chi connectivity index (χ0) is 17.5. The van der Waals surface area contributed by atoms with E-state index in [2.05, 4.69) is 15.5 Å². The molecule has 0 atom stereocenters. The summed E-state index contributed by atoms with van der Waals surface area (Å²) in [7, 11) is 1.58. The third kappa shape index (κ3) is 5.06. The monoisotopic (exact) mass is 347 g/mol. The van der Waals surface area contributed by atoms with E-state index in [0.717, 1.165) is 16.3 Å². The van der Waals surface area contributed by atoms with E-state index in [4.69, 9.17) is 9.47 Å². The predicted molar refractivity (Wildman–Crippen MR) is 95.0 cm³/mol. The Bertz CT molecular complexity index is 726. The van der Waals surface area contributed by atoms with Gasteiger partial charge in [-0.25, -0.2) is 10.4 Å². The molecule has 1 aromatic carbocycles. The Morgan fingerprint density at radius 2 is 2.25 bits per heavy atom. The van der Waals surface area contributed by atoms with Gasteiger partial charge in [-0.05, 0) is 32.9 Å². The summed E-state index contributed by atoms with van der Waals surface area (Å²) in [5, 5.41) is 6.81. The molecule has 0 aliphatic rings. The van der Waals surface area contributed by atoms with Crippen molar-refractivity contribution in [3.8, 4) is 11.5 Å². The normalized spacial score (nSPS) is 11.0. The van der Waals surface area contributed by atoms with Crippen LogP contribution in [-0.2, 0) is 11.2 Å². The van der Waals surface area contributed by atoms with Gasteiger partial charge in [0.1, 0.15) is 0 Å². The van der Waals surface area contributed by atoms with E-state index in [0.29, 0.717) is 11.5 Å².